The van der Waals surface area contributed by atoms with Gasteiger partial charge < -0.3 is 24.7 Å². The third-order valence-corrected chi connectivity index (χ3v) is 6.53. The molecule has 0 unspecified atom stereocenters. The number of urea groups is 1. The molecular formula is C23H23N5O4S. The summed E-state index contributed by atoms with van der Waals surface area (Å²) in [5.41, 5.74) is 2.34. The molecule has 170 valence electrons. The Balaban J connectivity index is 1.38. The molecule has 0 bridgehead atoms. The first-order chi connectivity index (χ1) is 16.1. The standard InChI is InChI=1S/C23H23N5O4S/c1-31-18-5-3-2-4-15(18)6-7-20(29)27-22-17(12-24)16-8-10-28(14-19(16)33-22)23(30)26-13-21-25-9-11-32-21/h2-5,9,11H,6-8,10,13-14H2,1H3,(H,26,30)(H,27,29). The summed E-state index contributed by atoms with van der Waals surface area (Å²) < 4.78 is 10.5. The van der Waals surface area contributed by atoms with Crippen molar-refractivity contribution in [3.05, 3.63) is 64.2 Å². The van der Waals surface area contributed by atoms with Gasteiger partial charge in [-0.25, -0.2) is 9.78 Å². The Morgan fingerprint density at radius 1 is 1.36 bits per heavy atom. The van der Waals surface area contributed by atoms with Gasteiger partial charge in [-0.2, -0.15) is 5.26 Å². The second-order valence-corrected chi connectivity index (χ2v) is 8.54. The number of amides is 3. The fraction of sp³-hybridized carbons (Fsp3) is 0.304. The van der Waals surface area contributed by atoms with Crippen LogP contribution in [0.3, 0.4) is 0 Å². The largest absolute Gasteiger partial charge is 0.496 e. The number of aromatic nitrogens is 1. The van der Waals surface area contributed by atoms with Crippen molar-refractivity contribution in [2.45, 2.75) is 32.4 Å². The van der Waals surface area contributed by atoms with E-state index in [1.807, 2.05) is 24.3 Å². The summed E-state index contributed by atoms with van der Waals surface area (Å²) in [7, 11) is 1.60. The van der Waals surface area contributed by atoms with Crippen LogP contribution in [0.1, 0.15) is 33.9 Å². The Labute approximate surface area is 195 Å². The average molecular weight is 466 g/mol. The summed E-state index contributed by atoms with van der Waals surface area (Å²) in [5.74, 6) is 1.01. The lowest BCUT2D eigenvalue weighted by Crippen LogP contribution is -2.42. The SMILES string of the molecule is COc1ccccc1CCC(=O)Nc1sc2c(c1C#N)CCN(C(=O)NCc1ncco1)C2. The van der Waals surface area contributed by atoms with E-state index in [1.54, 1.807) is 12.0 Å². The highest BCUT2D eigenvalue weighted by molar-refractivity contribution is 7.16. The number of thiophene rings is 1. The van der Waals surface area contributed by atoms with Gasteiger partial charge in [-0.15, -0.1) is 11.3 Å². The van der Waals surface area contributed by atoms with E-state index in [4.69, 9.17) is 9.15 Å². The van der Waals surface area contributed by atoms with Gasteiger partial charge in [-0.3, -0.25) is 4.79 Å². The van der Waals surface area contributed by atoms with Gasteiger partial charge in [0.1, 0.15) is 23.1 Å². The van der Waals surface area contributed by atoms with Crippen LogP contribution in [0.2, 0.25) is 0 Å². The molecule has 3 aromatic rings. The van der Waals surface area contributed by atoms with Crippen molar-refractivity contribution in [2.75, 3.05) is 19.0 Å². The number of benzene rings is 1. The Hall–Kier alpha value is -3.84. The van der Waals surface area contributed by atoms with Gasteiger partial charge in [0.25, 0.3) is 0 Å². The quantitative estimate of drug-likeness (QED) is 0.551. The summed E-state index contributed by atoms with van der Waals surface area (Å²) in [6, 6.07) is 9.58. The molecule has 0 saturated heterocycles. The number of oxazole rings is 1. The van der Waals surface area contributed by atoms with Crippen LogP contribution in [0.15, 0.2) is 41.1 Å². The van der Waals surface area contributed by atoms with Gasteiger partial charge in [0.2, 0.25) is 11.8 Å². The number of para-hydroxylation sites is 1. The first kappa shape index (κ1) is 22.4. The molecule has 0 saturated carbocycles. The van der Waals surface area contributed by atoms with Crippen LogP contribution in [-0.4, -0.2) is 35.5 Å². The number of hydrogen-bond donors (Lipinski definition) is 2. The van der Waals surface area contributed by atoms with Crippen molar-refractivity contribution in [2.24, 2.45) is 0 Å². The van der Waals surface area contributed by atoms with Gasteiger partial charge in [0.15, 0.2) is 0 Å². The summed E-state index contributed by atoms with van der Waals surface area (Å²) in [4.78, 5) is 31.7. The van der Waals surface area contributed by atoms with E-state index in [0.29, 0.717) is 42.4 Å². The molecule has 0 atom stereocenters. The lowest BCUT2D eigenvalue weighted by atomic mass is 10.0. The summed E-state index contributed by atoms with van der Waals surface area (Å²) in [6.45, 7) is 1.07. The van der Waals surface area contributed by atoms with Gasteiger partial charge in [-0.05, 0) is 30.0 Å². The molecule has 0 spiro atoms. The number of anilines is 1. The van der Waals surface area contributed by atoms with Crippen molar-refractivity contribution < 1.29 is 18.7 Å². The van der Waals surface area contributed by atoms with Gasteiger partial charge in [0.05, 0.1) is 32.0 Å². The van der Waals surface area contributed by atoms with Crippen molar-refractivity contribution in [1.29, 1.82) is 5.26 Å². The maximum absolute atomic E-state index is 12.6. The molecule has 1 aliphatic rings. The van der Waals surface area contributed by atoms with Crippen molar-refractivity contribution in [3.63, 3.8) is 0 Å². The van der Waals surface area contributed by atoms with Gasteiger partial charge >= 0.3 is 6.03 Å². The van der Waals surface area contributed by atoms with Crippen molar-refractivity contribution in [3.8, 4) is 11.8 Å². The molecule has 2 aromatic heterocycles. The smallest absolute Gasteiger partial charge is 0.318 e. The topological polar surface area (TPSA) is 120 Å². The number of ether oxygens (including phenoxy) is 1. The lowest BCUT2D eigenvalue weighted by Gasteiger charge is -2.26. The maximum Gasteiger partial charge on any atom is 0.318 e. The number of nitrogens with one attached hydrogen (secondary N) is 2. The Morgan fingerprint density at radius 3 is 2.97 bits per heavy atom. The van der Waals surface area contributed by atoms with Crippen LogP contribution in [0.4, 0.5) is 9.80 Å². The monoisotopic (exact) mass is 465 g/mol. The first-order valence-corrected chi connectivity index (χ1v) is 11.3. The molecule has 3 heterocycles. The second kappa shape index (κ2) is 10.2. The van der Waals surface area contributed by atoms with Crippen LogP contribution >= 0.6 is 11.3 Å². The molecule has 2 N–H and O–H groups in total. The number of rotatable bonds is 7. The minimum Gasteiger partial charge on any atom is -0.496 e. The normalized spacial score (nSPS) is 12.5. The number of fused-ring (bicyclic) bond motifs is 1. The van der Waals surface area contributed by atoms with Crippen LogP contribution in [0.5, 0.6) is 5.75 Å². The minimum atomic E-state index is -0.229. The van der Waals surface area contributed by atoms with Gasteiger partial charge in [-0.1, -0.05) is 18.2 Å². The zero-order valence-electron chi connectivity index (χ0n) is 18.1. The number of nitriles is 1. The fourth-order valence-electron chi connectivity index (χ4n) is 3.73. The molecule has 10 heteroatoms. The molecule has 9 nitrogen and oxygen atoms in total. The van der Waals surface area contributed by atoms with Crippen LogP contribution in [0.25, 0.3) is 0 Å². The number of hydrogen-bond acceptors (Lipinski definition) is 7. The zero-order valence-corrected chi connectivity index (χ0v) is 18.9. The third kappa shape index (κ3) is 5.15. The Morgan fingerprint density at radius 2 is 2.21 bits per heavy atom. The van der Waals surface area contributed by atoms with E-state index in [1.165, 1.54) is 23.8 Å². The Kier molecular flexibility index (Phi) is 6.90. The molecule has 3 amide bonds. The number of carbonyl (C=O) groups is 2. The number of carbonyl (C=O) groups excluding carboxylic acids is 2. The van der Waals surface area contributed by atoms with E-state index in [0.717, 1.165) is 21.8 Å². The van der Waals surface area contributed by atoms with E-state index in [9.17, 15) is 14.9 Å². The minimum absolute atomic E-state index is 0.170. The first-order valence-electron chi connectivity index (χ1n) is 10.5. The molecular weight excluding hydrogens is 442 g/mol. The lowest BCUT2D eigenvalue weighted by molar-refractivity contribution is -0.116. The molecule has 33 heavy (non-hydrogen) atoms. The van der Waals surface area contributed by atoms with Crippen LogP contribution in [-0.2, 0) is 30.7 Å². The highest BCUT2D eigenvalue weighted by Gasteiger charge is 2.27. The molecule has 0 aliphatic carbocycles. The van der Waals surface area contributed by atoms with E-state index >= 15 is 0 Å². The molecule has 0 fully saturated rings. The summed E-state index contributed by atoms with van der Waals surface area (Å²) >= 11 is 1.35. The van der Waals surface area contributed by atoms with Gasteiger partial charge in [0, 0.05) is 17.8 Å². The molecule has 4 rings (SSSR count). The highest BCUT2D eigenvalue weighted by atomic mass is 32.1. The number of nitrogens with zero attached hydrogens (tertiary/aromatic N) is 3. The Bertz CT molecular complexity index is 1180. The second-order valence-electron chi connectivity index (χ2n) is 7.44. The zero-order chi connectivity index (χ0) is 23.2. The number of aryl methyl sites for hydroxylation is 1. The summed E-state index contributed by atoms with van der Waals surface area (Å²) in [5, 5.41) is 15.9. The predicted octanol–water partition coefficient (Wildman–Crippen LogP) is 3.46. The molecule has 1 aliphatic heterocycles. The fourth-order valence-corrected chi connectivity index (χ4v) is 4.96. The van der Waals surface area contributed by atoms with E-state index < -0.39 is 0 Å². The number of methoxy groups -OCH3 is 1. The van der Waals surface area contributed by atoms with E-state index in [2.05, 4.69) is 21.7 Å². The van der Waals surface area contributed by atoms with Crippen molar-refractivity contribution >= 4 is 28.3 Å². The predicted molar refractivity (Wildman–Crippen MR) is 122 cm³/mol. The highest BCUT2D eigenvalue weighted by Crippen LogP contribution is 2.36. The van der Waals surface area contributed by atoms with Crippen LogP contribution in [0, 0.1) is 11.3 Å². The summed E-state index contributed by atoms with van der Waals surface area (Å²) in [6.07, 6.45) is 4.33. The van der Waals surface area contributed by atoms with Crippen LogP contribution < -0.4 is 15.4 Å². The average Bonchev–Trinajstić information content (AvgIpc) is 3.48. The van der Waals surface area contributed by atoms with Crippen molar-refractivity contribution in [1.82, 2.24) is 15.2 Å². The molecule has 0 radical (unpaired) electrons. The maximum atomic E-state index is 12.6. The van der Waals surface area contributed by atoms with E-state index in [-0.39, 0.29) is 24.9 Å². The third-order valence-electron chi connectivity index (χ3n) is 5.40. The molecule has 1 aromatic carbocycles.